The van der Waals surface area contributed by atoms with E-state index in [1.807, 2.05) is 10.3 Å². The molecule has 0 bridgehead atoms. The average molecular weight is 337 g/mol. The lowest BCUT2D eigenvalue weighted by atomic mass is 9.88. The SMILES string of the molecule is O=C(c1cscn1)N1CCOC2(CCN([C@@H]3CCOC3)CC2)C1. The second kappa shape index (κ2) is 6.47. The second-order valence-electron chi connectivity index (χ2n) is 6.69. The van der Waals surface area contributed by atoms with Gasteiger partial charge in [-0.1, -0.05) is 0 Å². The molecule has 6 nitrogen and oxygen atoms in total. The number of hydrogen-bond donors (Lipinski definition) is 0. The number of amides is 1. The Morgan fingerprint density at radius 2 is 2.17 bits per heavy atom. The molecule has 1 aromatic heterocycles. The number of morpholine rings is 1. The van der Waals surface area contributed by atoms with Gasteiger partial charge >= 0.3 is 0 Å². The third-order valence-electron chi connectivity index (χ3n) is 5.32. The number of likely N-dealkylation sites (tertiary alicyclic amines) is 1. The maximum absolute atomic E-state index is 12.5. The van der Waals surface area contributed by atoms with Gasteiger partial charge in [0.2, 0.25) is 0 Å². The quantitative estimate of drug-likeness (QED) is 0.813. The van der Waals surface area contributed by atoms with Crippen LogP contribution in [0, 0.1) is 0 Å². The van der Waals surface area contributed by atoms with E-state index in [9.17, 15) is 4.79 Å². The van der Waals surface area contributed by atoms with Crippen LogP contribution in [0.15, 0.2) is 10.9 Å². The number of aromatic nitrogens is 1. The summed E-state index contributed by atoms with van der Waals surface area (Å²) < 4.78 is 11.7. The molecule has 1 amide bonds. The molecular formula is C16H23N3O3S. The van der Waals surface area contributed by atoms with Crippen LogP contribution < -0.4 is 0 Å². The summed E-state index contributed by atoms with van der Waals surface area (Å²) in [5.41, 5.74) is 2.11. The normalized spacial score (nSPS) is 28.3. The fraction of sp³-hybridized carbons (Fsp3) is 0.750. The van der Waals surface area contributed by atoms with Gasteiger partial charge in [-0.2, -0.15) is 0 Å². The van der Waals surface area contributed by atoms with Gasteiger partial charge in [0, 0.05) is 37.7 Å². The van der Waals surface area contributed by atoms with Crippen molar-refractivity contribution < 1.29 is 14.3 Å². The Morgan fingerprint density at radius 1 is 1.30 bits per heavy atom. The van der Waals surface area contributed by atoms with E-state index in [-0.39, 0.29) is 11.5 Å². The molecule has 3 aliphatic rings. The van der Waals surface area contributed by atoms with Gasteiger partial charge in [-0.3, -0.25) is 9.69 Å². The zero-order valence-electron chi connectivity index (χ0n) is 13.3. The topological polar surface area (TPSA) is 54.9 Å². The highest BCUT2D eigenvalue weighted by atomic mass is 32.1. The molecule has 0 radical (unpaired) electrons. The van der Waals surface area contributed by atoms with Crippen molar-refractivity contribution in [3.8, 4) is 0 Å². The first-order chi connectivity index (χ1) is 11.3. The predicted octanol–water partition coefficient (Wildman–Crippen LogP) is 1.24. The van der Waals surface area contributed by atoms with Crippen LogP contribution in [0.3, 0.4) is 0 Å². The van der Waals surface area contributed by atoms with Crippen molar-refractivity contribution in [2.45, 2.75) is 30.9 Å². The van der Waals surface area contributed by atoms with Gasteiger partial charge in [0.25, 0.3) is 5.91 Å². The number of piperidine rings is 1. The van der Waals surface area contributed by atoms with Crippen LogP contribution in [-0.2, 0) is 9.47 Å². The molecule has 3 aliphatic heterocycles. The van der Waals surface area contributed by atoms with Gasteiger partial charge in [0.05, 0.1) is 30.9 Å². The average Bonchev–Trinajstić information content (AvgIpc) is 3.29. The molecule has 1 atom stereocenters. The molecule has 7 heteroatoms. The second-order valence-corrected chi connectivity index (χ2v) is 7.40. The maximum Gasteiger partial charge on any atom is 0.273 e. The van der Waals surface area contributed by atoms with Crippen LogP contribution in [0.4, 0.5) is 0 Å². The number of carbonyl (C=O) groups excluding carboxylic acids is 1. The summed E-state index contributed by atoms with van der Waals surface area (Å²) in [6.07, 6.45) is 3.12. The summed E-state index contributed by atoms with van der Waals surface area (Å²) >= 11 is 1.47. The van der Waals surface area contributed by atoms with Gasteiger partial charge < -0.3 is 14.4 Å². The lowest BCUT2D eigenvalue weighted by Crippen LogP contribution is -2.59. The minimum absolute atomic E-state index is 0.0422. The molecule has 0 aliphatic carbocycles. The number of hydrogen-bond acceptors (Lipinski definition) is 6. The molecule has 23 heavy (non-hydrogen) atoms. The number of ether oxygens (including phenoxy) is 2. The predicted molar refractivity (Wildman–Crippen MR) is 86.7 cm³/mol. The van der Waals surface area contributed by atoms with Gasteiger partial charge in [-0.25, -0.2) is 4.98 Å². The summed E-state index contributed by atoms with van der Waals surface area (Å²) in [6.45, 7) is 5.81. The first kappa shape index (κ1) is 15.5. The minimum Gasteiger partial charge on any atom is -0.380 e. The van der Waals surface area contributed by atoms with Crippen LogP contribution in [-0.4, -0.2) is 78.3 Å². The van der Waals surface area contributed by atoms with Crippen molar-refractivity contribution in [1.82, 2.24) is 14.8 Å². The van der Waals surface area contributed by atoms with Crippen molar-refractivity contribution in [3.63, 3.8) is 0 Å². The molecule has 0 N–H and O–H groups in total. The van der Waals surface area contributed by atoms with Crippen molar-refractivity contribution in [2.24, 2.45) is 0 Å². The van der Waals surface area contributed by atoms with Crippen LogP contribution in [0.1, 0.15) is 29.8 Å². The van der Waals surface area contributed by atoms with E-state index in [1.54, 1.807) is 5.51 Å². The Morgan fingerprint density at radius 3 is 2.87 bits per heavy atom. The highest BCUT2D eigenvalue weighted by Crippen LogP contribution is 2.32. The fourth-order valence-electron chi connectivity index (χ4n) is 3.91. The molecule has 1 aromatic rings. The molecule has 3 saturated heterocycles. The van der Waals surface area contributed by atoms with Crippen LogP contribution in [0.2, 0.25) is 0 Å². The zero-order chi connectivity index (χ0) is 15.7. The molecular weight excluding hydrogens is 314 g/mol. The molecule has 0 aromatic carbocycles. The van der Waals surface area contributed by atoms with Crippen molar-refractivity contribution >= 4 is 17.2 Å². The first-order valence-corrected chi connectivity index (χ1v) is 9.33. The molecule has 1 spiro atoms. The minimum atomic E-state index is -0.167. The Labute approximate surface area is 140 Å². The summed E-state index contributed by atoms with van der Waals surface area (Å²) in [5, 5.41) is 1.83. The lowest BCUT2D eigenvalue weighted by molar-refractivity contribution is -0.130. The van der Waals surface area contributed by atoms with Crippen LogP contribution in [0.5, 0.6) is 0 Å². The van der Waals surface area contributed by atoms with E-state index >= 15 is 0 Å². The maximum atomic E-state index is 12.5. The molecule has 0 saturated carbocycles. The van der Waals surface area contributed by atoms with Crippen molar-refractivity contribution in [2.75, 3.05) is 46.0 Å². The van der Waals surface area contributed by atoms with E-state index < -0.39 is 0 Å². The van der Waals surface area contributed by atoms with Crippen LogP contribution in [0.25, 0.3) is 0 Å². The Hall–Kier alpha value is -1.02. The largest absolute Gasteiger partial charge is 0.380 e. The standard InChI is InChI=1S/C16H23N3O3S/c20-15(14-10-23-12-17-14)19-6-8-22-16(11-19)2-4-18(5-3-16)13-1-7-21-9-13/h10,12-13H,1-9,11H2/t13-/m1/s1. The highest BCUT2D eigenvalue weighted by molar-refractivity contribution is 7.07. The van der Waals surface area contributed by atoms with E-state index in [1.165, 1.54) is 11.3 Å². The molecule has 3 fully saturated rings. The van der Waals surface area contributed by atoms with E-state index in [0.717, 1.165) is 45.6 Å². The van der Waals surface area contributed by atoms with E-state index in [0.29, 0.717) is 31.4 Å². The summed E-state index contributed by atoms with van der Waals surface area (Å²) in [4.78, 5) is 21.2. The number of rotatable bonds is 2. The highest BCUT2D eigenvalue weighted by Gasteiger charge is 2.42. The monoisotopic (exact) mass is 337 g/mol. The van der Waals surface area contributed by atoms with Gasteiger partial charge in [0.1, 0.15) is 5.69 Å². The van der Waals surface area contributed by atoms with E-state index in [2.05, 4.69) is 9.88 Å². The number of nitrogens with zero attached hydrogens (tertiary/aromatic N) is 3. The fourth-order valence-corrected chi connectivity index (χ4v) is 4.43. The van der Waals surface area contributed by atoms with Gasteiger partial charge in [-0.05, 0) is 19.3 Å². The van der Waals surface area contributed by atoms with Crippen molar-refractivity contribution in [1.29, 1.82) is 0 Å². The van der Waals surface area contributed by atoms with Crippen molar-refractivity contribution in [3.05, 3.63) is 16.6 Å². The summed E-state index contributed by atoms with van der Waals surface area (Å²) in [7, 11) is 0. The van der Waals surface area contributed by atoms with E-state index in [4.69, 9.17) is 9.47 Å². The first-order valence-electron chi connectivity index (χ1n) is 8.39. The molecule has 4 rings (SSSR count). The Bertz CT molecular complexity index is 537. The van der Waals surface area contributed by atoms with Gasteiger partial charge in [-0.15, -0.1) is 11.3 Å². The summed E-state index contributed by atoms with van der Waals surface area (Å²) in [6, 6.07) is 0.573. The zero-order valence-corrected chi connectivity index (χ0v) is 14.1. The van der Waals surface area contributed by atoms with Crippen LogP contribution >= 0.6 is 11.3 Å². The molecule has 126 valence electrons. The van der Waals surface area contributed by atoms with Gasteiger partial charge in [0.15, 0.2) is 0 Å². The molecule has 4 heterocycles. The molecule has 0 unspecified atom stereocenters. The third kappa shape index (κ3) is 3.15. The number of thiazole rings is 1. The lowest BCUT2D eigenvalue weighted by Gasteiger charge is -2.48. The Balaban J connectivity index is 1.38. The smallest absolute Gasteiger partial charge is 0.273 e. The third-order valence-corrected chi connectivity index (χ3v) is 5.90. The number of carbonyl (C=O) groups is 1. The Kier molecular flexibility index (Phi) is 4.36. The summed E-state index contributed by atoms with van der Waals surface area (Å²) in [5.74, 6) is 0.0422.